The summed E-state index contributed by atoms with van der Waals surface area (Å²) in [6.45, 7) is 7.67. The molecule has 0 saturated heterocycles. The second-order valence-electron chi connectivity index (χ2n) is 5.74. The average molecular weight is 314 g/mol. The van der Waals surface area contributed by atoms with Crippen molar-refractivity contribution in [2.75, 3.05) is 0 Å². The highest BCUT2D eigenvalue weighted by molar-refractivity contribution is 7.09. The van der Waals surface area contributed by atoms with Crippen molar-refractivity contribution in [3.63, 3.8) is 0 Å². The number of carboxylic acids is 1. The molecule has 0 atom stereocenters. The van der Waals surface area contributed by atoms with Gasteiger partial charge in [0.25, 0.3) is 0 Å². The zero-order chi connectivity index (χ0) is 16.2. The Balaban J connectivity index is 2.54. The first-order chi connectivity index (χ1) is 9.62. The molecule has 1 aromatic heterocycles. The number of aliphatic carboxylic acids is 1. The average Bonchev–Trinajstić information content (AvgIpc) is 2.58. The molecule has 0 aromatic carbocycles. The van der Waals surface area contributed by atoms with Crippen LogP contribution in [0.4, 0.5) is 0 Å². The van der Waals surface area contributed by atoms with Crippen LogP contribution in [0.3, 0.4) is 0 Å². The molecule has 1 heterocycles. The molecule has 1 amide bonds. The van der Waals surface area contributed by atoms with Crippen molar-refractivity contribution in [1.29, 1.82) is 0 Å². The monoisotopic (exact) mass is 314 g/mol. The Morgan fingerprint density at radius 1 is 1.29 bits per heavy atom. The van der Waals surface area contributed by atoms with Crippen LogP contribution in [0, 0.1) is 13.8 Å². The maximum atomic E-state index is 11.9. The number of rotatable bonds is 7. The van der Waals surface area contributed by atoms with Crippen LogP contribution in [0.2, 0.25) is 0 Å². The van der Waals surface area contributed by atoms with E-state index in [-0.39, 0.29) is 23.6 Å². The molecule has 0 fully saturated rings. The summed E-state index contributed by atoms with van der Waals surface area (Å²) in [5, 5.41) is 11.5. The third kappa shape index (κ3) is 5.34. The number of hydrogen-bond donors (Lipinski definition) is 2. The molecule has 2 N–H and O–H groups in total. The number of carbonyl (C=O) groups is 2. The predicted molar refractivity (Wildman–Crippen MR) is 81.8 cm³/mol. The van der Waals surface area contributed by atoms with E-state index in [9.17, 15) is 14.4 Å². The van der Waals surface area contributed by atoms with E-state index in [1.807, 2.05) is 13.8 Å². The Morgan fingerprint density at radius 2 is 1.90 bits per heavy atom. The van der Waals surface area contributed by atoms with Crippen molar-refractivity contribution in [1.82, 2.24) is 9.88 Å². The fourth-order valence-electron chi connectivity index (χ4n) is 1.98. The van der Waals surface area contributed by atoms with E-state index in [0.717, 1.165) is 10.6 Å². The zero-order valence-electron chi connectivity index (χ0n) is 12.9. The van der Waals surface area contributed by atoms with Gasteiger partial charge >= 0.3 is 10.8 Å². The highest BCUT2D eigenvalue weighted by Crippen LogP contribution is 2.12. The van der Waals surface area contributed by atoms with Crippen LogP contribution < -0.4 is 10.2 Å². The molecule has 0 bridgehead atoms. The van der Waals surface area contributed by atoms with E-state index in [1.165, 1.54) is 11.3 Å². The van der Waals surface area contributed by atoms with Gasteiger partial charge in [-0.25, -0.2) is 0 Å². The second-order valence-corrected chi connectivity index (χ2v) is 6.90. The summed E-state index contributed by atoms with van der Waals surface area (Å²) in [4.78, 5) is 35.1. The van der Waals surface area contributed by atoms with E-state index in [1.54, 1.807) is 18.4 Å². The summed E-state index contributed by atoms with van der Waals surface area (Å²) >= 11 is 1.18. The molecule has 7 heteroatoms. The normalized spacial score (nSPS) is 11.4. The maximum absolute atomic E-state index is 11.9. The molecule has 0 aliphatic carbocycles. The van der Waals surface area contributed by atoms with Gasteiger partial charge in [-0.2, -0.15) is 0 Å². The van der Waals surface area contributed by atoms with Crippen LogP contribution >= 0.6 is 11.3 Å². The first-order valence-electron chi connectivity index (χ1n) is 6.82. The van der Waals surface area contributed by atoms with Crippen LogP contribution in [-0.2, 0) is 16.1 Å². The summed E-state index contributed by atoms with van der Waals surface area (Å²) in [5.74, 6) is -1.06. The number of carbonyl (C=O) groups excluding carboxylic acids is 1. The minimum Gasteiger partial charge on any atom is -0.481 e. The van der Waals surface area contributed by atoms with Crippen LogP contribution in [0.5, 0.6) is 0 Å². The molecule has 0 saturated carbocycles. The minimum absolute atomic E-state index is 0.00950. The lowest BCUT2D eigenvalue weighted by Crippen LogP contribution is -2.44. The number of nitrogens with zero attached hydrogens (tertiary/aromatic N) is 1. The number of carboxylic acid groups (broad SMARTS) is 1. The summed E-state index contributed by atoms with van der Waals surface area (Å²) in [5.41, 5.74) is 0.322. The fourth-order valence-corrected chi connectivity index (χ4v) is 2.84. The van der Waals surface area contributed by atoms with E-state index in [4.69, 9.17) is 5.11 Å². The molecule has 0 radical (unpaired) electrons. The Kier molecular flexibility index (Phi) is 5.71. The number of thiazole rings is 1. The van der Waals surface area contributed by atoms with Crippen LogP contribution in [-0.4, -0.2) is 27.1 Å². The molecule has 0 aliphatic heterocycles. The highest BCUT2D eigenvalue weighted by atomic mass is 32.1. The first-order valence-corrected chi connectivity index (χ1v) is 7.63. The van der Waals surface area contributed by atoms with Gasteiger partial charge in [0.2, 0.25) is 5.91 Å². The number of aryl methyl sites for hydroxylation is 1. The molecule has 118 valence electrons. The predicted octanol–water partition coefficient (Wildman–Crippen LogP) is 1.68. The van der Waals surface area contributed by atoms with Crippen LogP contribution in [0.25, 0.3) is 0 Å². The van der Waals surface area contributed by atoms with Crippen LogP contribution in [0.15, 0.2) is 4.79 Å². The number of nitrogens with one attached hydrogen (secondary N) is 1. The Morgan fingerprint density at radius 3 is 2.38 bits per heavy atom. The van der Waals surface area contributed by atoms with Gasteiger partial charge in [0.1, 0.15) is 0 Å². The quantitative estimate of drug-likeness (QED) is 0.801. The molecular weight excluding hydrogens is 292 g/mol. The van der Waals surface area contributed by atoms with E-state index >= 15 is 0 Å². The molecule has 21 heavy (non-hydrogen) atoms. The van der Waals surface area contributed by atoms with Gasteiger partial charge < -0.3 is 15.0 Å². The summed E-state index contributed by atoms with van der Waals surface area (Å²) in [6.07, 6.45) is 0.577. The maximum Gasteiger partial charge on any atom is 0.307 e. The first kappa shape index (κ1) is 17.4. The van der Waals surface area contributed by atoms with Gasteiger partial charge in [-0.05, 0) is 34.1 Å². The molecule has 1 rings (SSSR count). The Bertz CT molecular complexity index is 586. The standard InChI is InChI=1S/C14H22N2O4S/c1-9-10(2)21-13(20)16(9)8-6-11(17)15-14(3,4)7-5-12(18)19/h5-8H2,1-4H3,(H,15,17)(H,18,19). The molecule has 6 nitrogen and oxygen atoms in total. The van der Waals surface area contributed by atoms with Crippen molar-refractivity contribution < 1.29 is 14.7 Å². The second kappa shape index (κ2) is 6.89. The lowest BCUT2D eigenvalue weighted by atomic mass is 9.98. The van der Waals surface area contributed by atoms with Crippen molar-refractivity contribution in [3.8, 4) is 0 Å². The lowest BCUT2D eigenvalue weighted by molar-refractivity contribution is -0.137. The largest absolute Gasteiger partial charge is 0.481 e. The Hall–Kier alpha value is -1.63. The van der Waals surface area contributed by atoms with Gasteiger partial charge in [-0.3, -0.25) is 14.4 Å². The van der Waals surface area contributed by atoms with Crippen molar-refractivity contribution in [3.05, 3.63) is 20.2 Å². The third-order valence-electron chi connectivity index (χ3n) is 3.38. The van der Waals surface area contributed by atoms with Gasteiger partial charge in [0.15, 0.2) is 0 Å². The number of hydrogen-bond acceptors (Lipinski definition) is 4. The molecule has 0 spiro atoms. The minimum atomic E-state index is -0.881. The zero-order valence-corrected chi connectivity index (χ0v) is 13.7. The SMILES string of the molecule is Cc1sc(=O)n(CCC(=O)NC(C)(C)CCC(=O)O)c1C. The molecule has 0 aliphatic rings. The van der Waals surface area contributed by atoms with Gasteiger partial charge in [-0.1, -0.05) is 11.3 Å². The molecular formula is C14H22N2O4S. The number of amides is 1. The van der Waals surface area contributed by atoms with Gasteiger partial charge in [0.05, 0.1) is 0 Å². The van der Waals surface area contributed by atoms with Crippen molar-refractivity contribution in [2.24, 2.45) is 0 Å². The van der Waals surface area contributed by atoms with Crippen molar-refractivity contribution >= 4 is 23.2 Å². The molecule has 0 unspecified atom stereocenters. The lowest BCUT2D eigenvalue weighted by Gasteiger charge is -2.25. The third-order valence-corrected chi connectivity index (χ3v) is 4.38. The topological polar surface area (TPSA) is 88.4 Å². The smallest absolute Gasteiger partial charge is 0.307 e. The number of aromatic nitrogens is 1. The van der Waals surface area contributed by atoms with E-state index in [2.05, 4.69) is 5.32 Å². The molecule has 1 aromatic rings. The van der Waals surface area contributed by atoms with Crippen LogP contribution in [0.1, 0.15) is 43.7 Å². The van der Waals surface area contributed by atoms with E-state index in [0.29, 0.717) is 13.0 Å². The summed E-state index contributed by atoms with van der Waals surface area (Å²) in [7, 11) is 0. The Labute approximate surface area is 127 Å². The fraction of sp³-hybridized carbons (Fsp3) is 0.643. The summed E-state index contributed by atoms with van der Waals surface area (Å²) < 4.78 is 1.60. The summed E-state index contributed by atoms with van der Waals surface area (Å²) in [6, 6.07) is 0. The highest BCUT2D eigenvalue weighted by Gasteiger charge is 2.21. The van der Waals surface area contributed by atoms with Gasteiger partial charge in [0, 0.05) is 35.5 Å². The van der Waals surface area contributed by atoms with Gasteiger partial charge in [-0.15, -0.1) is 0 Å². The van der Waals surface area contributed by atoms with E-state index < -0.39 is 11.5 Å². The van der Waals surface area contributed by atoms with Crippen molar-refractivity contribution in [2.45, 2.75) is 59.0 Å².